The first-order valence-corrected chi connectivity index (χ1v) is 6.55. The number of hydrogen-bond donors (Lipinski definition) is 1. The van der Waals surface area contributed by atoms with E-state index in [1.807, 2.05) is 26.2 Å². The van der Waals surface area contributed by atoms with Crippen molar-refractivity contribution in [3.8, 4) is 0 Å². The van der Waals surface area contributed by atoms with E-state index in [2.05, 4.69) is 33.5 Å². The summed E-state index contributed by atoms with van der Waals surface area (Å²) in [7, 11) is 1.92. The van der Waals surface area contributed by atoms with E-state index in [4.69, 9.17) is 5.73 Å². The highest BCUT2D eigenvalue weighted by atomic mass is 15.3. The van der Waals surface area contributed by atoms with E-state index in [1.54, 1.807) is 4.68 Å². The quantitative estimate of drug-likeness (QED) is 0.769. The van der Waals surface area contributed by atoms with Gasteiger partial charge in [0.1, 0.15) is 17.3 Å². The summed E-state index contributed by atoms with van der Waals surface area (Å²) in [5.74, 6) is 1.24. The Morgan fingerprint density at radius 3 is 2.60 bits per heavy atom. The smallest absolute Gasteiger partial charge is 0.146 e. The zero-order chi connectivity index (χ0) is 14.4. The predicted octanol–water partition coefficient (Wildman–Crippen LogP) is 1.72. The number of nitrogen functional groups attached to an aromatic ring is 1. The molecule has 0 atom stereocenters. The minimum Gasteiger partial charge on any atom is -0.383 e. The van der Waals surface area contributed by atoms with Crippen molar-refractivity contribution in [2.75, 3.05) is 5.73 Å². The van der Waals surface area contributed by atoms with E-state index in [0.717, 1.165) is 28.0 Å². The molecular weight excluding hydrogens is 252 g/mol. The number of rotatable bonds is 2. The van der Waals surface area contributed by atoms with Crippen LogP contribution < -0.4 is 5.73 Å². The Labute approximate surface area is 117 Å². The highest BCUT2D eigenvalue weighted by molar-refractivity contribution is 5.91. The van der Waals surface area contributed by atoms with E-state index >= 15 is 0 Å². The second-order valence-electron chi connectivity index (χ2n) is 5.13. The average Bonchev–Trinajstić information content (AvgIpc) is 2.87. The molecular formula is C14H18N6. The Hall–Kier alpha value is -2.37. The summed E-state index contributed by atoms with van der Waals surface area (Å²) in [5, 5.41) is 5.38. The molecule has 104 valence electrons. The molecule has 6 nitrogen and oxygen atoms in total. The van der Waals surface area contributed by atoms with Gasteiger partial charge in [-0.25, -0.2) is 9.97 Å². The molecule has 0 unspecified atom stereocenters. The maximum atomic E-state index is 6.05. The van der Waals surface area contributed by atoms with Crippen LogP contribution in [0.3, 0.4) is 0 Å². The van der Waals surface area contributed by atoms with Crippen LogP contribution in [-0.2, 0) is 13.6 Å². The standard InChI is InChI=1S/C14H18N6/c1-8-9(2)20(7-11-5-6-19(4)18-11)14-12(8)13(15)16-10(3)17-14/h5-6H,7H2,1-4H3,(H2,15,16,17). The lowest BCUT2D eigenvalue weighted by Crippen LogP contribution is -2.05. The van der Waals surface area contributed by atoms with Crippen LogP contribution in [0.2, 0.25) is 0 Å². The molecule has 0 aliphatic heterocycles. The van der Waals surface area contributed by atoms with Crippen LogP contribution in [0.25, 0.3) is 11.0 Å². The summed E-state index contributed by atoms with van der Waals surface area (Å²) < 4.78 is 3.95. The number of anilines is 1. The zero-order valence-electron chi connectivity index (χ0n) is 12.2. The molecule has 2 N–H and O–H groups in total. The molecule has 0 saturated carbocycles. The Balaban J connectivity index is 2.22. The molecule has 20 heavy (non-hydrogen) atoms. The van der Waals surface area contributed by atoms with Crippen molar-refractivity contribution >= 4 is 16.9 Å². The van der Waals surface area contributed by atoms with Crippen molar-refractivity contribution in [1.82, 2.24) is 24.3 Å². The summed E-state index contributed by atoms with van der Waals surface area (Å²) in [6.45, 7) is 6.68. The van der Waals surface area contributed by atoms with Crippen molar-refractivity contribution in [3.63, 3.8) is 0 Å². The fourth-order valence-corrected chi connectivity index (χ4v) is 2.58. The van der Waals surface area contributed by atoms with E-state index in [0.29, 0.717) is 18.2 Å². The molecule has 0 aliphatic carbocycles. The summed E-state index contributed by atoms with van der Waals surface area (Å²) in [6.07, 6.45) is 1.94. The number of nitrogens with two attached hydrogens (primary N) is 1. The van der Waals surface area contributed by atoms with Gasteiger partial charge in [-0.3, -0.25) is 4.68 Å². The third-order valence-corrected chi connectivity index (χ3v) is 3.70. The number of hydrogen-bond acceptors (Lipinski definition) is 4. The fourth-order valence-electron chi connectivity index (χ4n) is 2.58. The van der Waals surface area contributed by atoms with Gasteiger partial charge in [0, 0.05) is 18.9 Å². The molecule has 3 rings (SSSR count). The van der Waals surface area contributed by atoms with Crippen LogP contribution in [0.15, 0.2) is 12.3 Å². The lowest BCUT2D eigenvalue weighted by atomic mass is 10.2. The van der Waals surface area contributed by atoms with Gasteiger partial charge in [-0.2, -0.15) is 5.10 Å². The van der Waals surface area contributed by atoms with Crippen LogP contribution >= 0.6 is 0 Å². The maximum absolute atomic E-state index is 6.05. The second-order valence-corrected chi connectivity index (χ2v) is 5.13. The summed E-state index contributed by atoms with van der Waals surface area (Å²) in [5.41, 5.74) is 10.2. The minimum atomic E-state index is 0.549. The monoisotopic (exact) mass is 270 g/mol. The van der Waals surface area contributed by atoms with E-state index in [9.17, 15) is 0 Å². The second kappa shape index (κ2) is 4.33. The van der Waals surface area contributed by atoms with Gasteiger partial charge >= 0.3 is 0 Å². The summed E-state index contributed by atoms with van der Waals surface area (Å²) in [4.78, 5) is 8.82. The largest absolute Gasteiger partial charge is 0.383 e. The van der Waals surface area contributed by atoms with Gasteiger partial charge in [0.25, 0.3) is 0 Å². The third kappa shape index (κ3) is 1.84. The van der Waals surface area contributed by atoms with Crippen LogP contribution in [0.5, 0.6) is 0 Å². The fraction of sp³-hybridized carbons (Fsp3) is 0.357. The Morgan fingerprint density at radius 2 is 1.95 bits per heavy atom. The van der Waals surface area contributed by atoms with Crippen LogP contribution in [0.4, 0.5) is 5.82 Å². The average molecular weight is 270 g/mol. The number of aryl methyl sites for hydroxylation is 3. The van der Waals surface area contributed by atoms with Gasteiger partial charge in [0.2, 0.25) is 0 Å². The van der Waals surface area contributed by atoms with Gasteiger partial charge in [-0.05, 0) is 32.4 Å². The number of aromatic nitrogens is 5. The molecule has 0 bridgehead atoms. The first-order chi connectivity index (χ1) is 9.47. The van der Waals surface area contributed by atoms with Gasteiger partial charge < -0.3 is 10.3 Å². The van der Waals surface area contributed by atoms with Crippen molar-refractivity contribution in [3.05, 3.63) is 35.0 Å². The van der Waals surface area contributed by atoms with E-state index < -0.39 is 0 Å². The van der Waals surface area contributed by atoms with E-state index in [-0.39, 0.29) is 0 Å². The van der Waals surface area contributed by atoms with Gasteiger partial charge in [0.15, 0.2) is 0 Å². The molecule has 3 heterocycles. The zero-order valence-corrected chi connectivity index (χ0v) is 12.2. The van der Waals surface area contributed by atoms with Crippen molar-refractivity contribution in [2.24, 2.45) is 7.05 Å². The van der Waals surface area contributed by atoms with Crippen molar-refractivity contribution < 1.29 is 0 Å². The number of nitrogens with zero attached hydrogens (tertiary/aromatic N) is 5. The normalized spacial score (nSPS) is 11.4. The van der Waals surface area contributed by atoms with Gasteiger partial charge in [-0.1, -0.05) is 0 Å². The first-order valence-electron chi connectivity index (χ1n) is 6.55. The molecule has 0 amide bonds. The Kier molecular flexibility index (Phi) is 2.74. The van der Waals surface area contributed by atoms with Crippen molar-refractivity contribution in [2.45, 2.75) is 27.3 Å². The molecule has 3 aromatic rings. The lowest BCUT2D eigenvalue weighted by molar-refractivity contribution is 0.704. The van der Waals surface area contributed by atoms with Crippen LogP contribution in [-0.4, -0.2) is 24.3 Å². The van der Waals surface area contributed by atoms with Gasteiger partial charge in [0.05, 0.1) is 17.6 Å². The van der Waals surface area contributed by atoms with E-state index in [1.165, 1.54) is 0 Å². The highest BCUT2D eigenvalue weighted by Crippen LogP contribution is 2.28. The summed E-state index contributed by atoms with van der Waals surface area (Å²) in [6, 6.07) is 2.01. The molecule has 3 aromatic heterocycles. The molecule has 0 aromatic carbocycles. The maximum Gasteiger partial charge on any atom is 0.146 e. The molecule has 0 aliphatic rings. The van der Waals surface area contributed by atoms with Crippen LogP contribution in [0, 0.1) is 20.8 Å². The molecule has 6 heteroatoms. The Bertz CT molecular complexity index is 796. The van der Waals surface area contributed by atoms with Gasteiger partial charge in [-0.15, -0.1) is 0 Å². The third-order valence-electron chi connectivity index (χ3n) is 3.70. The Morgan fingerprint density at radius 1 is 1.20 bits per heavy atom. The SMILES string of the molecule is Cc1nc(N)c2c(C)c(C)n(Cc3ccn(C)n3)c2n1. The summed E-state index contributed by atoms with van der Waals surface area (Å²) >= 11 is 0. The molecule has 0 spiro atoms. The van der Waals surface area contributed by atoms with Crippen LogP contribution in [0.1, 0.15) is 22.8 Å². The van der Waals surface area contributed by atoms with Crippen molar-refractivity contribution in [1.29, 1.82) is 0 Å². The lowest BCUT2D eigenvalue weighted by Gasteiger charge is -2.06. The molecule has 0 radical (unpaired) electrons. The first kappa shape index (κ1) is 12.7. The molecule has 0 fully saturated rings. The minimum absolute atomic E-state index is 0.549. The highest BCUT2D eigenvalue weighted by Gasteiger charge is 2.16. The topological polar surface area (TPSA) is 74.5 Å². The molecule has 0 saturated heterocycles. The number of fused-ring (bicyclic) bond motifs is 1. The predicted molar refractivity (Wildman–Crippen MR) is 78.5 cm³/mol.